The summed E-state index contributed by atoms with van der Waals surface area (Å²) < 4.78 is 18.1. The first-order chi connectivity index (χ1) is 19.8. The van der Waals surface area contributed by atoms with Gasteiger partial charge in [0.05, 0.1) is 6.54 Å². The molecule has 42 heavy (non-hydrogen) atoms. The van der Waals surface area contributed by atoms with E-state index in [1.54, 1.807) is 6.07 Å². The Labute approximate surface area is 254 Å². The highest BCUT2D eigenvalue weighted by Gasteiger charge is 2.19. The molecule has 1 unspecified atom stereocenters. The summed E-state index contributed by atoms with van der Waals surface area (Å²) in [6.45, 7) is 12.8. The van der Waals surface area contributed by atoms with E-state index in [9.17, 15) is 14.0 Å². The molecule has 0 saturated carbocycles. The van der Waals surface area contributed by atoms with Crippen molar-refractivity contribution in [1.82, 2.24) is 21.3 Å². The van der Waals surface area contributed by atoms with Gasteiger partial charge >= 0.3 is 0 Å². The van der Waals surface area contributed by atoms with Gasteiger partial charge in [0, 0.05) is 25.3 Å². The number of halogens is 1. The number of fused-ring (bicyclic) bond motifs is 1. The summed E-state index contributed by atoms with van der Waals surface area (Å²) >= 11 is 0. The monoisotopic (exact) mass is 586 g/mol. The fraction of sp³-hybridized carbons (Fsp3) is 0.529. The van der Waals surface area contributed by atoms with Crippen molar-refractivity contribution >= 4 is 11.8 Å². The van der Waals surface area contributed by atoms with Gasteiger partial charge in [0.2, 0.25) is 11.8 Å². The first-order valence-corrected chi connectivity index (χ1v) is 15.0. The number of rotatable bonds is 3. The normalized spacial score (nSPS) is 17.4. The number of carbonyl (C=O) groups is 2. The van der Waals surface area contributed by atoms with Crippen molar-refractivity contribution in [2.45, 2.75) is 86.6 Å². The number of aryl methyl sites for hydroxylation is 2. The maximum Gasteiger partial charge on any atom is 0.242 e. The summed E-state index contributed by atoms with van der Waals surface area (Å²) in [4.78, 5) is 24.9. The van der Waals surface area contributed by atoms with E-state index in [4.69, 9.17) is 4.74 Å². The second-order valence-corrected chi connectivity index (χ2v) is 9.93. The number of para-hydroxylation sites is 1. The van der Waals surface area contributed by atoms with Gasteiger partial charge in [0.25, 0.3) is 0 Å². The standard InChI is InChI=1S/C23H36N4O3.C7H7F.C3H8.CH4/c1-3-8-19-16-24-14-15-30-21-12-6-5-10-18(21)11-7-13-25-23(29)20(9-4-2)27-22(28)17-26-19;1-6-3-2-4-7(8)5-6;1-3-2;/h5-6,8,10,12,20,24,26H,3-4,7,9,11,13-17H2,1-2H3,(H,25,29)(H,27,28);2-5H,1H3;3H2,1-2H3;1H4/b19-8+;;;. The Hall–Kier alpha value is -3.39. The second-order valence-electron chi connectivity index (χ2n) is 9.93. The predicted octanol–water partition coefficient (Wildman–Crippen LogP) is 6.07. The fourth-order valence-corrected chi connectivity index (χ4v) is 3.98. The zero-order valence-electron chi connectivity index (χ0n) is 25.7. The summed E-state index contributed by atoms with van der Waals surface area (Å²) in [5, 5.41) is 12.4. The number of ether oxygens (including phenoxy) is 1. The third kappa shape index (κ3) is 17.4. The molecule has 1 aliphatic heterocycles. The highest BCUT2D eigenvalue weighted by molar-refractivity contribution is 5.88. The van der Waals surface area contributed by atoms with Crippen LogP contribution >= 0.6 is 0 Å². The van der Waals surface area contributed by atoms with Gasteiger partial charge in [0.1, 0.15) is 24.2 Å². The van der Waals surface area contributed by atoms with Crippen LogP contribution < -0.4 is 26.0 Å². The van der Waals surface area contributed by atoms with Crippen molar-refractivity contribution in [2.24, 2.45) is 0 Å². The van der Waals surface area contributed by atoms with E-state index in [1.807, 2.05) is 38.1 Å². The Bertz CT molecular complexity index is 1030. The molecule has 0 fully saturated rings. The lowest BCUT2D eigenvalue weighted by Gasteiger charge is -2.19. The topological polar surface area (TPSA) is 91.5 Å². The summed E-state index contributed by atoms with van der Waals surface area (Å²) in [6, 6.07) is 14.0. The van der Waals surface area contributed by atoms with Crippen LogP contribution in [-0.2, 0) is 16.0 Å². The van der Waals surface area contributed by atoms with Crippen molar-refractivity contribution in [3.8, 4) is 5.75 Å². The number of carbonyl (C=O) groups excluding carboxylic acids is 2. The van der Waals surface area contributed by atoms with Crippen LogP contribution in [-0.4, -0.2) is 50.6 Å². The van der Waals surface area contributed by atoms with Gasteiger partial charge in [-0.1, -0.05) is 84.4 Å². The van der Waals surface area contributed by atoms with Gasteiger partial charge in [-0.05, 0) is 61.9 Å². The molecule has 2 aromatic carbocycles. The SMILES string of the molecule is C.CC/C=C1\CNCCOc2ccccc2CCCNC(=O)C(CCC)NC(=O)CN1.CCC.Cc1cccc(F)c1. The molecule has 7 nitrogen and oxygen atoms in total. The Morgan fingerprint density at radius 3 is 2.36 bits per heavy atom. The molecule has 0 bridgehead atoms. The number of allylic oxidation sites excluding steroid dienone is 1. The van der Waals surface area contributed by atoms with Crippen molar-refractivity contribution in [3.63, 3.8) is 0 Å². The van der Waals surface area contributed by atoms with E-state index in [-0.39, 0.29) is 31.6 Å². The highest BCUT2D eigenvalue weighted by atomic mass is 19.1. The van der Waals surface area contributed by atoms with Crippen LogP contribution in [0.25, 0.3) is 0 Å². The van der Waals surface area contributed by atoms with Crippen LogP contribution in [0.4, 0.5) is 4.39 Å². The number of benzene rings is 2. The Morgan fingerprint density at radius 2 is 1.71 bits per heavy atom. The van der Waals surface area contributed by atoms with Gasteiger partial charge < -0.3 is 26.0 Å². The van der Waals surface area contributed by atoms with E-state index < -0.39 is 6.04 Å². The zero-order valence-corrected chi connectivity index (χ0v) is 25.7. The van der Waals surface area contributed by atoms with Crippen molar-refractivity contribution in [2.75, 3.05) is 32.8 Å². The minimum atomic E-state index is -0.504. The molecule has 0 saturated heterocycles. The van der Waals surface area contributed by atoms with Gasteiger partial charge in [-0.15, -0.1) is 0 Å². The summed E-state index contributed by atoms with van der Waals surface area (Å²) in [7, 11) is 0. The molecule has 1 heterocycles. The average Bonchev–Trinajstić information content (AvgIpc) is 2.94. The van der Waals surface area contributed by atoms with Gasteiger partial charge in [0.15, 0.2) is 0 Å². The molecule has 236 valence electrons. The van der Waals surface area contributed by atoms with E-state index in [0.717, 1.165) is 48.3 Å². The molecule has 0 spiro atoms. The summed E-state index contributed by atoms with van der Waals surface area (Å²) in [5.74, 6) is 0.432. The highest BCUT2D eigenvalue weighted by Crippen LogP contribution is 2.19. The smallest absolute Gasteiger partial charge is 0.242 e. The quantitative estimate of drug-likeness (QED) is 0.350. The van der Waals surface area contributed by atoms with E-state index >= 15 is 0 Å². The number of hydrogen-bond acceptors (Lipinski definition) is 5. The van der Waals surface area contributed by atoms with Crippen molar-refractivity contribution in [1.29, 1.82) is 0 Å². The molecular weight excluding hydrogens is 531 g/mol. The molecule has 0 aliphatic carbocycles. The lowest BCUT2D eigenvalue weighted by molar-refractivity contribution is -0.128. The Balaban J connectivity index is 0.00000118. The van der Waals surface area contributed by atoms with Gasteiger partial charge in [-0.25, -0.2) is 4.39 Å². The molecule has 4 N–H and O–H groups in total. The molecule has 1 aliphatic rings. The Morgan fingerprint density at radius 1 is 0.976 bits per heavy atom. The molecule has 3 rings (SSSR count). The third-order valence-corrected chi connectivity index (χ3v) is 5.88. The zero-order chi connectivity index (χ0) is 30.3. The molecule has 1 atom stereocenters. The molecule has 2 aromatic rings. The summed E-state index contributed by atoms with van der Waals surface area (Å²) in [5.41, 5.74) is 3.06. The fourth-order valence-electron chi connectivity index (χ4n) is 3.98. The van der Waals surface area contributed by atoms with Gasteiger partial charge in [-0.3, -0.25) is 9.59 Å². The largest absolute Gasteiger partial charge is 0.492 e. The molecular formula is C34H55FN4O3. The van der Waals surface area contributed by atoms with Crippen LogP contribution in [0.5, 0.6) is 5.75 Å². The van der Waals surface area contributed by atoms with Crippen LogP contribution in [0.2, 0.25) is 0 Å². The molecule has 8 heteroatoms. The first kappa shape index (κ1) is 38.6. The molecule has 0 aromatic heterocycles. The van der Waals surface area contributed by atoms with Crippen molar-refractivity contribution < 1.29 is 18.7 Å². The second kappa shape index (κ2) is 24.2. The van der Waals surface area contributed by atoms with Crippen LogP contribution in [0.15, 0.2) is 60.3 Å². The maximum absolute atomic E-state index is 12.6. The maximum atomic E-state index is 12.6. The van der Waals surface area contributed by atoms with E-state index in [0.29, 0.717) is 32.7 Å². The molecule has 2 amide bonds. The minimum absolute atomic E-state index is 0. The lowest BCUT2D eigenvalue weighted by Crippen LogP contribution is -2.49. The number of amides is 2. The predicted molar refractivity (Wildman–Crippen MR) is 173 cm³/mol. The lowest BCUT2D eigenvalue weighted by atomic mass is 10.1. The van der Waals surface area contributed by atoms with Crippen LogP contribution in [0, 0.1) is 12.7 Å². The van der Waals surface area contributed by atoms with E-state index in [2.05, 4.69) is 54.2 Å². The van der Waals surface area contributed by atoms with Gasteiger partial charge in [-0.2, -0.15) is 0 Å². The minimum Gasteiger partial charge on any atom is -0.492 e. The third-order valence-electron chi connectivity index (χ3n) is 5.88. The Kier molecular flexibility index (Phi) is 22.3. The van der Waals surface area contributed by atoms with Crippen LogP contribution in [0.1, 0.15) is 78.4 Å². The number of nitrogens with one attached hydrogen (secondary N) is 4. The van der Waals surface area contributed by atoms with Crippen LogP contribution in [0.3, 0.4) is 0 Å². The molecule has 0 radical (unpaired) electrons. The summed E-state index contributed by atoms with van der Waals surface area (Å²) in [6.07, 6.45) is 7.25. The van der Waals surface area contributed by atoms with E-state index in [1.165, 1.54) is 18.6 Å². The van der Waals surface area contributed by atoms with Crippen molar-refractivity contribution in [3.05, 3.63) is 77.2 Å². The first-order valence-electron chi connectivity index (χ1n) is 15.0. The number of hydrogen-bond donors (Lipinski definition) is 4. The average molecular weight is 587 g/mol.